The first-order valence-electron chi connectivity index (χ1n) is 7.68. The van der Waals surface area contributed by atoms with Crippen molar-refractivity contribution >= 4 is 9.84 Å². The average Bonchev–Trinajstić information content (AvgIpc) is 2.96. The van der Waals surface area contributed by atoms with Crippen LogP contribution >= 0.6 is 0 Å². The van der Waals surface area contributed by atoms with E-state index in [2.05, 4.69) is 29.7 Å². The molecule has 5 heteroatoms. The Hall–Kier alpha value is -2.37. The van der Waals surface area contributed by atoms with Crippen LogP contribution in [0.3, 0.4) is 0 Å². The first-order chi connectivity index (χ1) is 11.4. The number of sulfone groups is 1. The maximum atomic E-state index is 11.6. The van der Waals surface area contributed by atoms with Crippen LogP contribution in [-0.2, 0) is 16.4 Å². The van der Waals surface area contributed by atoms with E-state index in [4.69, 9.17) is 5.73 Å². The van der Waals surface area contributed by atoms with E-state index >= 15 is 0 Å². The van der Waals surface area contributed by atoms with E-state index in [9.17, 15) is 8.42 Å². The van der Waals surface area contributed by atoms with E-state index in [0.717, 1.165) is 28.1 Å². The summed E-state index contributed by atoms with van der Waals surface area (Å²) in [5.74, 6) is 0. The fourth-order valence-corrected chi connectivity index (χ4v) is 3.39. The van der Waals surface area contributed by atoms with Gasteiger partial charge in [-0.05, 0) is 53.9 Å². The highest BCUT2D eigenvalue weighted by Crippen LogP contribution is 2.28. The van der Waals surface area contributed by atoms with Crippen molar-refractivity contribution in [1.29, 1.82) is 0 Å². The first kappa shape index (κ1) is 16.5. The highest BCUT2D eigenvalue weighted by atomic mass is 32.2. The van der Waals surface area contributed by atoms with Crippen LogP contribution in [-0.4, -0.2) is 19.2 Å². The molecular formula is C19H20N2O2S. The molecule has 124 valence electrons. The molecular weight excluding hydrogens is 320 g/mol. The van der Waals surface area contributed by atoms with E-state index < -0.39 is 9.84 Å². The third kappa shape index (κ3) is 3.13. The normalized spacial score (nSPS) is 11.6. The van der Waals surface area contributed by atoms with Crippen LogP contribution in [0.2, 0.25) is 0 Å². The van der Waals surface area contributed by atoms with Gasteiger partial charge in [0.25, 0.3) is 0 Å². The molecule has 2 N–H and O–H groups in total. The van der Waals surface area contributed by atoms with E-state index in [1.54, 1.807) is 12.1 Å². The van der Waals surface area contributed by atoms with Crippen molar-refractivity contribution in [1.82, 2.24) is 4.57 Å². The van der Waals surface area contributed by atoms with Gasteiger partial charge in [-0.2, -0.15) is 0 Å². The minimum atomic E-state index is -3.19. The smallest absolute Gasteiger partial charge is 0.175 e. The highest BCUT2D eigenvalue weighted by molar-refractivity contribution is 7.90. The lowest BCUT2D eigenvalue weighted by Gasteiger charge is -2.12. The lowest BCUT2D eigenvalue weighted by Crippen LogP contribution is -2.00. The van der Waals surface area contributed by atoms with Crippen molar-refractivity contribution in [3.63, 3.8) is 0 Å². The predicted molar refractivity (Wildman–Crippen MR) is 96.9 cm³/mol. The molecule has 3 rings (SSSR count). The van der Waals surface area contributed by atoms with Gasteiger partial charge in [-0.1, -0.05) is 24.3 Å². The average molecular weight is 340 g/mol. The number of hydrogen-bond acceptors (Lipinski definition) is 3. The van der Waals surface area contributed by atoms with Crippen molar-refractivity contribution < 1.29 is 8.42 Å². The van der Waals surface area contributed by atoms with Gasteiger partial charge in [-0.25, -0.2) is 8.42 Å². The van der Waals surface area contributed by atoms with Gasteiger partial charge < -0.3 is 10.3 Å². The lowest BCUT2D eigenvalue weighted by atomic mass is 10.1. The number of rotatable bonds is 4. The molecule has 2 aromatic carbocycles. The van der Waals surface area contributed by atoms with Gasteiger partial charge in [0.2, 0.25) is 0 Å². The van der Waals surface area contributed by atoms with Crippen LogP contribution in [0.4, 0.5) is 0 Å². The fraction of sp³-hybridized carbons (Fsp3) is 0.158. The van der Waals surface area contributed by atoms with Crippen LogP contribution in [0.15, 0.2) is 65.7 Å². The highest BCUT2D eigenvalue weighted by Gasteiger charge is 2.12. The molecule has 0 spiro atoms. The van der Waals surface area contributed by atoms with Crippen LogP contribution in [0.1, 0.15) is 11.1 Å². The van der Waals surface area contributed by atoms with Crippen molar-refractivity contribution in [3.05, 3.63) is 71.9 Å². The zero-order chi connectivity index (χ0) is 17.3. The number of benzene rings is 2. The molecule has 0 fully saturated rings. The Kier molecular flexibility index (Phi) is 4.30. The zero-order valence-electron chi connectivity index (χ0n) is 13.7. The van der Waals surface area contributed by atoms with Gasteiger partial charge in [-0.3, -0.25) is 0 Å². The topological polar surface area (TPSA) is 65.1 Å². The Morgan fingerprint density at radius 2 is 1.58 bits per heavy atom. The van der Waals surface area contributed by atoms with Gasteiger partial charge in [-0.15, -0.1) is 0 Å². The number of nitrogens with two attached hydrogens (primary N) is 1. The second-order valence-electron chi connectivity index (χ2n) is 5.88. The van der Waals surface area contributed by atoms with E-state index in [1.807, 2.05) is 30.5 Å². The molecule has 4 nitrogen and oxygen atoms in total. The maximum Gasteiger partial charge on any atom is 0.175 e. The molecule has 24 heavy (non-hydrogen) atoms. The van der Waals surface area contributed by atoms with Crippen molar-refractivity contribution in [2.24, 2.45) is 5.73 Å². The summed E-state index contributed by atoms with van der Waals surface area (Å²) in [7, 11) is -3.19. The molecule has 0 bridgehead atoms. The monoisotopic (exact) mass is 340 g/mol. The Morgan fingerprint density at radius 3 is 2.12 bits per heavy atom. The molecule has 0 aliphatic rings. The Balaban J connectivity index is 2.06. The van der Waals surface area contributed by atoms with E-state index in [0.29, 0.717) is 11.4 Å². The van der Waals surface area contributed by atoms with Crippen LogP contribution in [0, 0.1) is 6.92 Å². The molecule has 1 aromatic heterocycles. The van der Waals surface area contributed by atoms with Gasteiger partial charge in [0.05, 0.1) is 10.6 Å². The second kappa shape index (κ2) is 6.26. The van der Waals surface area contributed by atoms with Crippen LogP contribution in [0.5, 0.6) is 0 Å². The third-order valence-electron chi connectivity index (χ3n) is 4.09. The molecule has 1 heterocycles. The summed E-state index contributed by atoms with van der Waals surface area (Å²) in [6, 6.07) is 17.2. The summed E-state index contributed by atoms with van der Waals surface area (Å²) >= 11 is 0. The molecule has 0 saturated carbocycles. The summed E-state index contributed by atoms with van der Waals surface area (Å²) in [5.41, 5.74) is 11.0. The lowest BCUT2D eigenvalue weighted by molar-refractivity contribution is 0.602. The molecule has 0 aliphatic heterocycles. The summed E-state index contributed by atoms with van der Waals surface area (Å²) in [5, 5.41) is 0. The van der Waals surface area contributed by atoms with E-state index in [1.165, 1.54) is 6.26 Å². The number of aryl methyl sites for hydroxylation is 1. The molecule has 0 saturated heterocycles. The molecule has 0 amide bonds. The molecule has 0 aliphatic carbocycles. The second-order valence-corrected chi connectivity index (χ2v) is 7.90. The fourth-order valence-electron chi connectivity index (χ4n) is 2.76. The summed E-state index contributed by atoms with van der Waals surface area (Å²) in [4.78, 5) is 0.323. The van der Waals surface area contributed by atoms with Gasteiger partial charge in [0, 0.05) is 24.7 Å². The van der Waals surface area contributed by atoms with Crippen LogP contribution in [0.25, 0.3) is 16.9 Å². The number of nitrogens with zero attached hydrogens (tertiary/aromatic N) is 1. The molecule has 3 aromatic rings. The minimum absolute atomic E-state index is 0.323. The van der Waals surface area contributed by atoms with Gasteiger partial charge >= 0.3 is 0 Å². The number of hydrogen-bond donors (Lipinski definition) is 1. The van der Waals surface area contributed by atoms with Crippen molar-refractivity contribution in [2.45, 2.75) is 18.4 Å². The predicted octanol–water partition coefficient (Wildman–Crippen LogP) is 3.31. The molecule has 0 radical (unpaired) electrons. The summed E-state index contributed by atoms with van der Waals surface area (Å²) in [6.07, 6.45) is 3.21. The Bertz CT molecular complexity index is 954. The standard InChI is InChI=1S/C19H20N2O2S/c1-14-11-12-21(17-7-9-18(10-8-17)24(2,22)23)19(14)16-5-3-15(13-20)4-6-16/h3-12H,13,20H2,1-2H3. The first-order valence-corrected chi connectivity index (χ1v) is 9.57. The van der Waals surface area contributed by atoms with Crippen molar-refractivity contribution in [3.8, 4) is 16.9 Å². The zero-order valence-corrected chi connectivity index (χ0v) is 14.5. The van der Waals surface area contributed by atoms with Gasteiger partial charge in [0.15, 0.2) is 9.84 Å². The van der Waals surface area contributed by atoms with Crippen molar-refractivity contribution in [2.75, 3.05) is 6.26 Å². The quantitative estimate of drug-likeness (QED) is 0.792. The SMILES string of the molecule is Cc1ccn(-c2ccc(S(C)(=O)=O)cc2)c1-c1ccc(CN)cc1. The number of aromatic nitrogens is 1. The van der Waals surface area contributed by atoms with Crippen LogP contribution < -0.4 is 5.73 Å². The molecule has 0 unspecified atom stereocenters. The summed E-state index contributed by atoms with van der Waals surface area (Å²) < 4.78 is 25.3. The minimum Gasteiger partial charge on any atom is -0.326 e. The van der Waals surface area contributed by atoms with E-state index in [-0.39, 0.29) is 0 Å². The van der Waals surface area contributed by atoms with Gasteiger partial charge in [0.1, 0.15) is 0 Å². The molecule has 0 atom stereocenters. The Morgan fingerprint density at radius 1 is 0.958 bits per heavy atom. The maximum absolute atomic E-state index is 11.6. The third-order valence-corrected chi connectivity index (χ3v) is 5.22. The largest absolute Gasteiger partial charge is 0.326 e. The Labute approximate surface area is 142 Å². The summed E-state index contributed by atoms with van der Waals surface area (Å²) in [6.45, 7) is 2.58.